The summed E-state index contributed by atoms with van der Waals surface area (Å²) in [4.78, 5) is 13.4. The van der Waals surface area contributed by atoms with Crippen molar-refractivity contribution in [1.29, 1.82) is 5.41 Å². The van der Waals surface area contributed by atoms with Crippen molar-refractivity contribution in [3.8, 4) is 5.75 Å². The van der Waals surface area contributed by atoms with E-state index in [1.165, 1.54) is 0 Å². The van der Waals surface area contributed by atoms with Gasteiger partial charge in [0.2, 0.25) is 0 Å². The monoisotopic (exact) mass is 341 g/mol. The highest BCUT2D eigenvalue weighted by Gasteiger charge is 2.36. The summed E-state index contributed by atoms with van der Waals surface area (Å²) in [6.45, 7) is 0.855. The largest absolute Gasteiger partial charge is 0.496 e. The Morgan fingerprint density at radius 2 is 2.20 bits per heavy atom. The van der Waals surface area contributed by atoms with E-state index in [1.807, 2.05) is 18.2 Å². The first-order valence-corrected chi connectivity index (χ1v) is 6.86. The summed E-state index contributed by atoms with van der Waals surface area (Å²) < 4.78 is 11.0. The predicted molar refractivity (Wildman–Crippen MR) is 78.3 cm³/mol. The molecule has 0 aliphatic carbocycles. The molecular weight excluding hydrogens is 326 g/mol. The van der Waals surface area contributed by atoms with Gasteiger partial charge in [0.1, 0.15) is 17.6 Å². The summed E-state index contributed by atoms with van der Waals surface area (Å²) in [6.07, 6.45) is 0. The number of halogens is 1. The topological polar surface area (TPSA) is 74.7 Å². The fourth-order valence-corrected chi connectivity index (χ4v) is 2.71. The minimum Gasteiger partial charge on any atom is -0.496 e. The fraction of sp³-hybridized carbons (Fsp3) is 0.385. The average molecular weight is 342 g/mol. The minimum atomic E-state index is -0.417. The van der Waals surface area contributed by atoms with Gasteiger partial charge < -0.3 is 14.4 Å². The van der Waals surface area contributed by atoms with Crippen molar-refractivity contribution in [1.82, 2.24) is 10.2 Å². The van der Waals surface area contributed by atoms with Gasteiger partial charge >= 0.3 is 6.03 Å². The molecular formula is C13H16BrN3O3. The number of ether oxygens (including phenoxy) is 2. The molecule has 1 aliphatic heterocycles. The Kier molecular flexibility index (Phi) is 4.61. The number of hydrogen-bond donors (Lipinski definition) is 2. The van der Waals surface area contributed by atoms with E-state index in [9.17, 15) is 4.79 Å². The summed E-state index contributed by atoms with van der Waals surface area (Å²) in [5, 5.41) is 10.5. The Bertz CT molecular complexity index is 536. The van der Waals surface area contributed by atoms with E-state index in [4.69, 9.17) is 14.9 Å². The van der Waals surface area contributed by atoms with Gasteiger partial charge in [0.25, 0.3) is 0 Å². The van der Waals surface area contributed by atoms with E-state index in [0.29, 0.717) is 18.9 Å². The summed E-state index contributed by atoms with van der Waals surface area (Å²) in [7, 11) is 3.17. The summed E-state index contributed by atoms with van der Waals surface area (Å²) >= 11 is 3.42. The van der Waals surface area contributed by atoms with Crippen molar-refractivity contribution in [2.24, 2.45) is 0 Å². The van der Waals surface area contributed by atoms with Crippen molar-refractivity contribution in [3.05, 3.63) is 28.2 Å². The van der Waals surface area contributed by atoms with Gasteiger partial charge in [0.15, 0.2) is 0 Å². The van der Waals surface area contributed by atoms with Crippen molar-refractivity contribution in [2.45, 2.75) is 6.04 Å². The van der Waals surface area contributed by atoms with Crippen molar-refractivity contribution in [3.63, 3.8) is 0 Å². The molecule has 2 N–H and O–H groups in total. The summed E-state index contributed by atoms with van der Waals surface area (Å²) in [5.41, 5.74) is 0.845. The average Bonchev–Trinajstić information content (AvgIpc) is 2.70. The normalized spacial score (nSPS) is 18.4. The third-order valence-corrected chi connectivity index (χ3v) is 3.74. The maximum atomic E-state index is 11.9. The van der Waals surface area contributed by atoms with Crippen LogP contribution in [0.15, 0.2) is 22.7 Å². The highest BCUT2D eigenvalue weighted by Crippen LogP contribution is 2.32. The summed E-state index contributed by atoms with van der Waals surface area (Å²) in [6, 6.07) is 4.83. The standard InChI is InChI=1S/C13H16BrN3O3/c1-19-6-5-17-11(12(15)16-13(17)18)8-3-4-10(20-2)9(14)7-8/h3-4,7,11H,5-6H2,1-2H3,(H2,15,16,18). The molecule has 1 heterocycles. The van der Waals surface area contributed by atoms with Gasteiger partial charge in [-0.3, -0.25) is 10.7 Å². The van der Waals surface area contributed by atoms with Crippen LogP contribution < -0.4 is 10.1 Å². The van der Waals surface area contributed by atoms with E-state index in [1.54, 1.807) is 19.1 Å². The van der Waals surface area contributed by atoms with Crippen molar-refractivity contribution >= 4 is 27.8 Å². The van der Waals surface area contributed by atoms with Gasteiger partial charge in [-0.15, -0.1) is 0 Å². The highest BCUT2D eigenvalue weighted by atomic mass is 79.9. The number of carbonyl (C=O) groups excluding carboxylic acids is 1. The molecule has 0 bridgehead atoms. The predicted octanol–water partition coefficient (Wildman–Crippen LogP) is 2.15. The second kappa shape index (κ2) is 6.23. The number of nitrogens with one attached hydrogen (secondary N) is 2. The molecule has 1 atom stereocenters. The maximum absolute atomic E-state index is 11.9. The smallest absolute Gasteiger partial charge is 0.323 e. The molecule has 1 fully saturated rings. The number of rotatable bonds is 5. The quantitative estimate of drug-likeness (QED) is 0.861. The molecule has 108 valence electrons. The molecule has 20 heavy (non-hydrogen) atoms. The van der Waals surface area contributed by atoms with Crippen LogP contribution in [0.3, 0.4) is 0 Å². The molecule has 2 rings (SSSR count). The van der Waals surface area contributed by atoms with Crippen LogP contribution in [0.2, 0.25) is 0 Å². The van der Waals surface area contributed by atoms with Gasteiger partial charge in [-0.25, -0.2) is 4.79 Å². The van der Waals surface area contributed by atoms with E-state index in [0.717, 1.165) is 10.0 Å². The molecule has 1 saturated heterocycles. The molecule has 0 spiro atoms. The molecule has 1 aromatic carbocycles. The SMILES string of the molecule is COCCN1C(=O)NC(=N)C1c1ccc(OC)c(Br)c1. The number of hydrogen-bond acceptors (Lipinski definition) is 4. The van der Waals surface area contributed by atoms with Crippen LogP contribution in [0, 0.1) is 5.41 Å². The van der Waals surface area contributed by atoms with Gasteiger partial charge in [0.05, 0.1) is 18.2 Å². The van der Waals surface area contributed by atoms with Gasteiger partial charge in [0, 0.05) is 13.7 Å². The molecule has 1 unspecified atom stereocenters. The lowest BCUT2D eigenvalue weighted by Crippen LogP contribution is -2.32. The molecule has 0 radical (unpaired) electrons. The zero-order valence-corrected chi connectivity index (χ0v) is 12.9. The van der Waals surface area contributed by atoms with Crippen LogP contribution in [-0.4, -0.2) is 44.1 Å². The molecule has 7 heteroatoms. The third kappa shape index (κ3) is 2.78. The highest BCUT2D eigenvalue weighted by molar-refractivity contribution is 9.10. The number of methoxy groups -OCH3 is 2. The zero-order valence-electron chi connectivity index (χ0n) is 11.3. The van der Waals surface area contributed by atoms with Crippen molar-refractivity contribution < 1.29 is 14.3 Å². The number of nitrogens with zero attached hydrogens (tertiary/aromatic N) is 1. The number of urea groups is 1. The Balaban J connectivity index is 2.30. The fourth-order valence-electron chi connectivity index (χ4n) is 2.15. The van der Waals surface area contributed by atoms with Crippen LogP contribution >= 0.6 is 15.9 Å². The lowest BCUT2D eigenvalue weighted by molar-refractivity contribution is 0.151. The first-order valence-electron chi connectivity index (χ1n) is 6.07. The molecule has 0 saturated carbocycles. The first-order chi connectivity index (χ1) is 9.58. The Labute approximate surface area is 125 Å². The lowest BCUT2D eigenvalue weighted by atomic mass is 10.1. The van der Waals surface area contributed by atoms with Crippen LogP contribution in [0.25, 0.3) is 0 Å². The van der Waals surface area contributed by atoms with Crippen molar-refractivity contribution in [2.75, 3.05) is 27.4 Å². The van der Waals surface area contributed by atoms with Crippen LogP contribution in [0.5, 0.6) is 5.75 Å². The molecule has 0 aromatic heterocycles. The Morgan fingerprint density at radius 3 is 2.80 bits per heavy atom. The van der Waals surface area contributed by atoms with Crippen LogP contribution in [0.1, 0.15) is 11.6 Å². The number of carbonyl (C=O) groups is 1. The van der Waals surface area contributed by atoms with Gasteiger partial charge in [-0.1, -0.05) is 6.07 Å². The second-order valence-electron chi connectivity index (χ2n) is 4.33. The number of benzene rings is 1. The Morgan fingerprint density at radius 1 is 1.45 bits per heavy atom. The zero-order chi connectivity index (χ0) is 14.7. The molecule has 1 aliphatic rings. The summed E-state index contributed by atoms with van der Waals surface area (Å²) in [5.74, 6) is 0.879. The molecule has 1 aromatic rings. The number of amidine groups is 1. The molecule has 6 nitrogen and oxygen atoms in total. The lowest BCUT2D eigenvalue weighted by Gasteiger charge is -2.23. The van der Waals surface area contributed by atoms with Gasteiger partial charge in [-0.05, 0) is 33.6 Å². The number of amides is 2. The minimum absolute atomic E-state index is 0.170. The first kappa shape index (κ1) is 14.8. The molecule has 2 amide bonds. The second-order valence-corrected chi connectivity index (χ2v) is 5.18. The maximum Gasteiger partial charge on any atom is 0.323 e. The van der Waals surface area contributed by atoms with Gasteiger partial charge in [-0.2, -0.15) is 0 Å². The van der Waals surface area contributed by atoms with Crippen LogP contribution in [-0.2, 0) is 4.74 Å². The Hall–Kier alpha value is -1.60. The van der Waals surface area contributed by atoms with E-state index in [-0.39, 0.29) is 11.9 Å². The van der Waals surface area contributed by atoms with E-state index in [2.05, 4.69) is 21.2 Å². The van der Waals surface area contributed by atoms with Crippen LogP contribution in [0.4, 0.5) is 4.79 Å². The van der Waals surface area contributed by atoms with E-state index < -0.39 is 6.04 Å². The van der Waals surface area contributed by atoms with E-state index >= 15 is 0 Å². The third-order valence-electron chi connectivity index (χ3n) is 3.12.